The zero-order valence-corrected chi connectivity index (χ0v) is 13.6. The molecule has 3 rings (SSSR count). The number of halogens is 3. The van der Waals surface area contributed by atoms with Crippen molar-refractivity contribution >= 4 is 11.9 Å². The lowest BCUT2D eigenvalue weighted by Gasteiger charge is -2.26. The van der Waals surface area contributed by atoms with Crippen molar-refractivity contribution in [3.05, 3.63) is 35.4 Å². The first-order valence-corrected chi connectivity index (χ1v) is 8.46. The molecule has 2 N–H and O–H groups in total. The van der Waals surface area contributed by atoms with E-state index in [0.717, 1.165) is 17.7 Å². The third kappa shape index (κ3) is 4.14. The smallest absolute Gasteiger partial charge is 0.416 e. The number of hydrogen-bond donors (Lipinski definition) is 2. The van der Waals surface area contributed by atoms with E-state index in [1.54, 1.807) is 0 Å². The molecule has 0 bridgehead atoms. The third-order valence-corrected chi connectivity index (χ3v) is 5.22. The highest BCUT2D eigenvalue weighted by atomic mass is 19.4. The van der Waals surface area contributed by atoms with Gasteiger partial charge < -0.3 is 10.4 Å². The van der Waals surface area contributed by atoms with Gasteiger partial charge in [-0.25, -0.2) is 0 Å². The van der Waals surface area contributed by atoms with E-state index >= 15 is 0 Å². The second kappa shape index (κ2) is 6.69. The van der Waals surface area contributed by atoms with Gasteiger partial charge in [-0.2, -0.15) is 13.2 Å². The molecule has 0 heterocycles. The molecule has 1 amide bonds. The van der Waals surface area contributed by atoms with Crippen LogP contribution in [0.15, 0.2) is 24.3 Å². The summed E-state index contributed by atoms with van der Waals surface area (Å²) >= 11 is 0. The number of amides is 1. The predicted molar refractivity (Wildman–Crippen MR) is 83.8 cm³/mol. The van der Waals surface area contributed by atoms with Crippen molar-refractivity contribution in [1.82, 2.24) is 5.32 Å². The normalized spacial score (nSPS) is 29.1. The first-order valence-electron chi connectivity index (χ1n) is 8.46. The van der Waals surface area contributed by atoms with Gasteiger partial charge in [0.05, 0.1) is 11.5 Å². The Labute approximate surface area is 143 Å². The van der Waals surface area contributed by atoms with Gasteiger partial charge in [-0.05, 0) is 55.7 Å². The van der Waals surface area contributed by atoms with Crippen LogP contribution in [-0.4, -0.2) is 23.0 Å². The van der Waals surface area contributed by atoms with Crippen LogP contribution in [0.25, 0.3) is 0 Å². The first-order chi connectivity index (χ1) is 11.8. The molecule has 0 spiro atoms. The van der Waals surface area contributed by atoms with Gasteiger partial charge in [0, 0.05) is 12.0 Å². The van der Waals surface area contributed by atoms with Crippen molar-refractivity contribution in [3.8, 4) is 0 Å². The van der Waals surface area contributed by atoms with Crippen molar-refractivity contribution in [3.63, 3.8) is 0 Å². The SMILES string of the molecule is O=C(O)C1CCC(NC(=O)C2CC2c2ccc(C(F)(F)F)cc2)CC1. The Morgan fingerprint density at radius 2 is 1.64 bits per heavy atom. The van der Waals surface area contributed by atoms with E-state index in [9.17, 15) is 22.8 Å². The van der Waals surface area contributed by atoms with Crippen LogP contribution in [0.3, 0.4) is 0 Å². The lowest BCUT2D eigenvalue weighted by atomic mass is 9.86. The van der Waals surface area contributed by atoms with Crippen LogP contribution in [0.4, 0.5) is 13.2 Å². The summed E-state index contributed by atoms with van der Waals surface area (Å²) in [5.74, 6) is -1.42. The molecule has 25 heavy (non-hydrogen) atoms. The number of benzene rings is 1. The molecule has 0 aliphatic heterocycles. The molecule has 0 aromatic heterocycles. The Morgan fingerprint density at radius 1 is 1.04 bits per heavy atom. The van der Waals surface area contributed by atoms with Crippen LogP contribution >= 0.6 is 0 Å². The fourth-order valence-corrected chi connectivity index (χ4v) is 3.57. The summed E-state index contributed by atoms with van der Waals surface area (Å²) in [5, 5.41) is 11.9. The average Bonchev–Trinajstić information content (AvgIpc) is 3.35. The summed E-state index contributed by atoms with van der Waals surface area (Å²) in [6, 6.07) is 4.99. The number of carboxylic acid groups (broad SMARTS) is 1. The second-order valence-corrected chi connectivity index (χ2v) is 6.96. The van der Waals surface area contributed by atoms with E-state index in [1.165, 1.54) is 12.1 Å². The Hall–Kier alpha value is -2.05. The van der Waals surface area contributed by atoms with E-state index in [0.29, 0.717) is 32.1 Å². The maximum absolute atomic E-state index is 12.6. The van der Waals surface area contributed by atoms with Gasteiger partial charge >= 0.3 is 12.1 Å². The van der Waals surface area contributed by atoms with Crippen LogP contribution in [0.2, 0.25) is 0 Å². The molecule has 0 radical (unpaired) electrons. The van der Waals surface area contributed by atoms with Crippen molar-refractivity contribution in [2.24, 2.45) is 11.8 Å². The Kier molecular flexibility index (Phi) is 4.75. The number of carbonyl (C=O) groups is 2. The summed E-state index contributed by atoms with van der Waals surface area (Å²) in [5.41, 5.74) is 0.0656. The molecule has 136 valence electrons. The fourth-order valence-electron chi connectivity index (χ4n) is 3.57. The van der Waals surface area contributed by atoms with Crippen LogP contribution in [0, 0.1) is 11.8 Å². The van der Waals surface area contributed by atoms with Crippen molar-refractivity contribution in [2.75, 3.05) is 0 Å². The minimum absolute atomic E-state index is 0.00282. The topological polar surface area (TPSA) is 66.4 Å². The number of alkyl halides is 3. The summed E-state index contributed by atoms with van der Waals surface area (Å²) in [7, 11) is 0. The highest BCUT2D eigenvalue weighted by Gasteiger charge is 2.45. The number of rotatable bonds is 4. The molecule has 7 heteroatoms. The van der Waals surface area contributed by atoms with E-state index in [2.05, 4.69) is 5.32 Å². The van der Waals surface area contributed by atoms with Gasteiger partial charge in [-0.1, -0.05) is 12.1 Å². The molecule has 2 aliphatic rings. The minimum atomic E-state index is -4.35. The van der Waals surface area contributed by atoms with E-state index in [4.69, 9.17) is 5.11 Å². The van der Waals surface area contributed by atoms with Gasteiger partial charge in [0.25, 0.3) is 0 Å². The summed E-state index contributed by atoms with van der Waals surface area (Å²) < 4.78 is 37.7. The van der Waals surface area contributed by atoms with E-state index < -0.39 is 17.7 Å². The molecule has 2 fully saturated rings. The molecular formula is C18H20F3NO3. The van der Waals surface area contributed by atoms with Gasteiger partial charge in [0.1, 0.15) is 0 Å². The third-order valence-electron chi connectivity index (χ3n) is 5.22. The summed E-state index contributed by atoms with van der Waals surface area (Å²) in [6.45, 7) is 0. The van der Waals surface area contributed by atoms with E-state index in [1.807, 2.05) is 0 Å². The predicted octanol–water partition coefficient (Wildman–Crippen LogP) is 3.57. The monoisotopic (exact) mass is 355 g/mol. The standard InChI is InChI=1S/C18H20F3NO3/c19-18(20,21)12-5-1-10(2-6-12)14-9-15(14)16(23)22-13-7-3-11(4-8-13)17(24)25/h1-2,5-6,11,13-15H,3-4,7-9H2,(H,22,23)(H,24,25). The van der Waals surface area contributed by atoms with Gasteiger partial charge in [0.2, 0.25) is 5.91 Å². The number of hydrogen-bond acceptors (Lipinski definition) is 2. The number of nitrogens with one attached hydrogen (secondary N) is 1. The zero-order chi connectivity index (χ0) is 18.2. The second-order valence-electron chi connectivity index (χ2n) is 6.96. The fraction of sp³-hybridized carbons (Fsp3) is 0.556. The molecule has 1 aromatic carbocycles. The molecule has 4 nitrogen and oxygen atoms in total. The average molecular weight is 355 g/mol. The Morgan fingerprint density at radius 3 is 2.16 bits per heavy atom. The van der Waals surface area contributed by atoms with Gasteiger partial charge in [-0.3, -0.25) is 9.59 Å². The lowest BCUT2D eigenvalue weighted by molar-refractivity contribution is -0.143. The Balaban J connectivity index is 1.50. The minimum Gasteiger partial charge on any atom is -0.481 e. The maximum atomic E-state index is 12.6. The summed E-state index contributed by atoms with van der Waals surface area (Å²) in [6.07, 6.45) is -1.28. The van der Waals surface area contributed by atoms with Crippen molar-refractivity contribution in [2.45, 2.75) is 50.2 Å². The molecule has 2 saturated carbocycles. The maximum Gasteiger partial charge on any atom is 0.416 e. The van der Waals surface area contributed by atoms with Gasteiger partial charge in [-0.15, -0.1) is 0 Å². The lowest BCUT2D eigenvalue weighted by Crippen LogP contribution is -2.39. The number of carbonyl (C=O) groups excluding carboxylic acids is 1. The molecule has 2 unspecified atom stereocenters. The molecule has 1 aromatic rings. The molecule has 2 aliphatic carbocycles. The van der Waals surface area contributed by atoms with Crippen LogP contribution < -0.4 is 5.32 Å². The van der Waals surface area contributed by atoms with Crippen LogP contribution in [-0.2, 0) is 15.8 Å². The zero-order valence-electron chi connectivity index (χ0n) is 13.6. The van der Waals surface area contributed by atoms with Gasteiger partial charge in [0.15, 0.2) is 0 Å². The highest BCUT2D eigenvalue weighted by molar-refractivity contribution is 5.83. The first kappa shape index (κ1) is 17.8. The molecule has 2 atom stereocenters. The highest BCUT2D eigenvalue weighted by Crippen LogP contribution is 2.48. The molecule has 0 saturated heterocycles. The number of carboxylic acids is 1. The largest absolute Gasteiger partial charge is 0.481 e. The molecular weight excluding hydrogens is 335 g/mol. The van der Waals surface area contributed by atoms with Crippen molar-refractivity contribution < 1.29 is 27.9 Å². The van der Waals surface area contributed by atoms with Crippen LogP contribution in [0.1, 0.15) is 49.1 Å². The van der Waals surface area contributed by atoms with Crippen LogP contribution in [0.5, 0.6) is 0 Å². The quantitative estimate of drug-likeness (QED) is 0.868. The van der Waals surface area contributed by atoms with Crippen molar-refractivity contribution in [1.29, 1.82) is 0 Å². The Bertz CT molecular complexity index is 649. The summed E-state index contributed by atoms with van der Waals surface area (Å²) in [4.78, 5) is 23.2. The number of aliphatic carboxylic acids is 1. The van der Waals surface area contributed by atoms with E-state index in [-0.39, 0.29) is 29.7 Å².